The third kappa shape index (κ3) is 4.58. The standard InChI is InChI=1S/C25H17FN4O3S2/c26-18-8-6-15(7-9-18)14-34-25-29-28-24(35-25)30-20(16-4-2-1-3-5-16)19(22(32)23(30)33)21(31)17-10-12-27-13-11-17/h1-13,20,31H,14H2. The zero-order valence-electron chi connectivity index (χ0n) is 18.0. The van der Waals surface area contributed by atoms with E-state index in [2.05, 4.69) is 15.2 Å². The van der Waals surface area contributed by atoms with Crippen molar-refractivity contribution >= 4 is 45.7 Å². The van der Waals surface area contributed by atoms with Crippen LogP contribution in [0.3, 0.4) is 0 Å². The highest BCUT2D eigenvalue weighted by Gasteiger charge is 2.48. The predicted molar refractivity (Wildman–Crippen MR) is 131 cm³/mol. The van der Waals surface area contributed by atoms with E-state index in [0.29, 0.717) is 21.2 Å². The predicted octanol–water partition coefficient (Wildman–Crippen LogP) is 4.99. The number of benzene rings is 2. The molecule has 0 bridgehead atoms. The smallest absolute Gasteiger partial charge is 0.301 e. The first kappa shape index (κ1) is 22.9. The second-order valence-electron chi connectivity index (χ2n) is 7.58. The third-order valence-corrected chi connectivity index (χ3v) is 7.52. The Kier molecular flexibility index (Phi) is 6.39. The quantitative estimate of drug-likeness (QED) is 0.130. The first-order valence-corrected chi connectivity index (χ1v) is 12.3. The Morgan fingerprint density at radius 2 is 1.71 bits per heavy atom. The Bertz CT molecular complexity index is 1410. The van der Waals surface area contributed by atoms with Gasteiger partial charge in [0.1, 0.15) is 11.6 Å². The number of aliphatic hydroxyl groups excluding tert-OH is 1. The number of thioether (sulfide) groups is 1. The molecule has 1 saturated heterocycles. The fourth-order valence-corrected chi connectivity index (χ4v) is 5.55. The Hall–Kier alpha value is -3.89. The van der Waals surface area contributed by atoms with Gasteiger partial charge < -0.3 is 5.11 Å². The van der Waals surface area contributed by atoms with Crippen LogP contribution in [0.2, 0.25) is 0 Å². The summed E-state index contributed by atoms with van der Waals surface area (Å²) in [7, 11) is 0. The number of carbonyl (C=O) groups is 2. The van der Waals surface area contributed by atoms with E-state index in [1.165, 1.54) is 52.5 Å². The Morgan fingerprint density at radius 1 is 1.00 bits per heavy atom. The number of aromatic nitrogens is 3. The molecule has 5 rings (SSSR count). The lowest BCUT2D eigenvalue weighted by Gasteiger charge is -2.22. The van der Waals surface area contributed by atoms with Gasteiger partial charge in [0.25, 0.3) is 5.78 Å². The number of hydrogen-bond donors (Lipinski definition) is 1. The molecule has 0 spiro atoms. The van der Waals surface area contributed by atoms with Gasteiger partial charge in [-0.2, -0.15) is 0 Å². The van der Waals surface area contributed by atoms with Gasteiger partial charge >= 0.3 is 5.91 Å². The summed E-state index contributed by atoms with van der Waals surface area (Å²) >= 11 is 2.56. The van der Waals surface area contributed by atoms with Crippen LogP contribution in [-0.4, -0.2) is 32.0 Å². The van der Waals surface area contributed by atoms with Crippen molar-refractivity contribution in [1.29, 1.82) is 0 Å². The molecule has 1 aliphatic rings. The maximum Gasteiger partial charge on any atom is 0.301 e. The van der Waals surface area contributed by atoms with Gasteiger partial charge in [-0.05, 0) is 35.4 Å². The van der Waals surface area contributed by atoms with E-state index in [9.17, 15) is 19.1 Å². The van der Waals surface area contributed by atoms with Crippen molar-refractivity contribution in [2.24, 2.45) is 0 Å². The summed E-state index contributed by atoms with van der Waals surface area (Å²) in [4.78, 5) is 31.5. The van der Waals surface area contributed by atoms with Gasteiger partial charge in [0, 0.05) is 23.7 Å². The maximum absolute atomic E-state index is 13.2. The van der Waals surface area contributed by atoms with Crippen LogP contribution in [-0.2, 0) is 15.3 Å². The number of aliphatic hydroxyl groups is 1. The second kappa shape index (κ2) is 9.77. The summed E-state index contributed by atoms with van der Waals surface area (Å²) in [6.07, 6.45) is 3.00. The average Bonchev–Trinajstić information content (AvgIpc) is 3.46. The van der Waals surface area contributed by atoms with Crippen molar-refractivity contribution in [2.45, 2.75) is 16.1 Å². The molecule has 2 aromatic heterocycles. The van der Waals surface area contributed by atoms with Crippen LogP contribution in [0.5, 0.6) is 0 Å². The summed E-state index contributed by atoms with van der Waals surface area (Å²) in [5.74, 6) is -1.64. The molecular weight excluding hydrogens is 487 g/mol. The number of nitrogens with zero attached hydrogens (tertiary/aromatic N) is 4. The van der Waals surface area contributed by atoms with Crippen LogP contribution in [0, 0.1) is 5.82 Å². The lowest BCUT2D eigenvalue weighted by Crippen LogP contribution is -2.29. The number of carbonyl (C=O) groups excluding carboxylic acids is 2. The molecule has 4 aromatic rings. The van der Waals surface area contributed by atoms with Gasteiger partial charge in [0.15, 0.2) is 4.34 Å². The molecule has 0 radical (unpaired) electrons. The fraction of sp³-hybridized carbons (Fsp3) is 0.0800. The molecule has 1 atom stereocenters. The highest BCUT2D eigenvalue weighted by Crippen LogP contribution is 2.43. The van der Waals surface area contributed by atoms with Gasteiger partial charge in [0.2, 0.25) is 5.13 Å². The minimum atomic E-state index is -0.868. The van der Waals surface area contributed by atoms with Crippen LogP contribution < -0.4 is 4.90 Å². The topological polar surface area (TPSA) is 96.3 Å². The zero-order valence-corrected chi connectivity index (χ0v) is 19.7. The zero-order chi connectivity index (χ0) is 24.4. The van der Waals surface area contributed by atoms with E-state index in [1.807, 2.05) is 6.07 Å². The summed E-state index contributed by atoms with van der Waals surface area (Å²) in [6.45, 7) is 0. The van der Waals surface area contributed by atoms with E-state index >= 15 is 0 Å². The first-order valence-electron chi connectivity index (χ1n) is 10.5. The van der Waals surface area contributed by atoms with Crippen LogP contribution in [0.25, 0.3) is 5.76 Å². The van der Waals surface area contributed by atoms with E-state index in [-0.39, 0.29) is 22.3 Å². The fourth-order valence-electron chi connectivity index (χ4n) is 3.73. The molecule has 174 valence electrons. The van der Waals surface area contributed by atoms with Crippen molar-refractivity contribution in [1.82, 2.24) is 15.2 Å². The molecule has 1 N–H and O–H groups in total. The Labute approximate surface area is 208 Å². The summed E-state index contributed by atoms with van der Waals surface area (Å²) in [6, 6.07) is 17.4. The molecule has 1 fully saturated rings. The monoisotopic (exact) mass is 504 g/mol. The lowest BCUT2D eigenvalue weighted by molar-refractivity contribution is -0.132. The second-order valence-corrected chi connectivity index (χ2v) is 9.76. The summed E-state index contributed by atoms with van der Waals surface area (Å²) in [5, 5.41) is 19.6. The van der Waals surface area contributed by atoms with Gasteiger partial charge in [-0.3, -0.25) is 19.5 Å². The Balaban J connectivity index is 1.51. The number of hydrogen-bond acceptors (Lipinski definition) is 8. The molecule has 35 heavy (non-hydrogen) atoms. The molecule has 10 heteroatoms. The normalized spacial score (nSPS) is 17.2. The maximum atomic E-state index is 13.2. The largest absolute Gasteiger partial charge is 0.507 e. The number of halogens is 1. The molecule has 1 unspecified atom stereocenters. The van der Waals surface area contributed by atoms with E-state index in [4.69, 9.17) is 0 Å². The van der Waals surface area contributed by atoms with Crippen LogP contribution in [0.1, 0.15) is 22.7 Å². The number of amides is 1. The number of Topliss-reactive ketones (excluding diaryl/α,β-unsaturated/α-hetero) is 1. The van der Waals surface area contributed by atoms with Crippen LogP contribution in [0.4, 0.5) is 9.52 Å². The summed E-state index contributed by atoms with van der Waals surface area (Å²) < 4.78 is 13.7. The molecule has 2 aromatic carbocycles. The van der Waals surface area contributed by atoms with Crippen LogP contribution in [0.15, 0.2) is 89.0 Å². The van der Waals surface area contributed by atoms with E-state index < -0.39 is 17.7 Å². The molecule has 0 saturated carbocycles. The van der Waals surface area contributed by atoms with Crippen LogP contribution >= 0.6 is 23.1 Å². The number of ketones is 1. The number of anilines is 1. The van der Waals surface area contributed by atoms with Gasteiger partial charge in [-0.25, -0.2) is 4.39 Å². The van der Waals surface area contributed by atoms with E-state index in [0.717, 1.165) is 5.56 Å². The molecule has 3 heterocycles. The molecular formula is C25H17FN4O3S2. The third-order valence-electron chi connectivity index (χ3n) is 5.39. The van der Waals surface area contributed by atoms with Gasteiger partial charge in [-0.15, -0.1) is 10.2 Å². The highest BCUT2D eigenvalue weighted by atomic mass is 32.2. The molecule has 0 aliphatic carbocycles. The number of pyridine rings is 1. The van der Waals surface area contributed by atoms with Crippen molar-refractivity contribution in [3.05, 3.63) is 107 Å². The van der Waals surface area contributed by atoms with Crippen molar-refractivity contribution < 1.29 is 19.1 Å². The van der Waals surface area contributed by atoms with Crippen molar-refractivity contribution in [2.75, 3.05) is 4.90 Å². The molecule has 1 aliphatic heterocycles. The highest BCUT2D eigenvalue weighted by molar-refractivity contribution is 8.00. The lowest BCUT2D eigenvalue weighted by atomic mass is 9.96. The average molecular weight is 505 g/mol. The molecule has 1 amide bonds. The first-order chi connectivity index (χ1) is 17.0. The minimum Gasteiger partial charge on any atom is -0.507 e. The number of rotatable bonds is 6. The van der Waals surface area contributed by atoms with E-state index in [1.54, 1.807) is 48.5 Å². The van der Waals surface area contributed by atoms with Gasteiger partial charge in [-0.1, -0.05) is 65.6 Å². The Morgan fingerprint density at radius 3 is 2.43 bits per heavy atom. The van der Waals surface area contributed by atoms with Crippen molar-refractivity contribution in [3.8, 4) is 0 Å². The van der Waals surface area contributed by atoms with Gasteiger partial charge in [0.05, 0.1) is 11.6 Å². The SMILES string of the molecule is O=C1C(=O)N(c2nnc(SCc3ccc(F)cc3)s2)C(c2ccccc2)C1=C(O)c1ccncc1. The summed E-state index contributed by atoms with van der Waals surface area (Å²) in [5.41, 5.74) is 1.92. The minimum absolute atomic E-state index is 0.0249. The van der Waals surface area contributed by atoms with Crippen molar-refractivity contribution in [3.63, 3.8) is 0 Å². The molecule has 7 nitrogen and oxygen atoms in total.